The number of hydrogen-bond acceptors (Lipinski definition) is 4. The van der Waals surface area contributed by atoms with Crippen molar-refractivity contribution in [1.29, 1.82) is 0 Å². The third kappa shape index (κ3) is 5.14. The Morgan fingerprint density at radius 3 is 2.47 bits per heavy atom. The SMILES string of the molecule is CC(=O)OCC#CCOC1(C)C=CC(=O)C=C1. The zero-order chi connectivity index (χ0) is 12.7. The average molecular weight is 234 g/mol. The number of carbonyl (C=O) groups is 2. The average Bonchev–Trinajstić information content (AvgIpc) is 2.28. The molecule has 0 aliphatic heterocycles. The van der Waals surface area contributed by atoms with Crippen LogP contribution in [0, 0.1) is 11.8 Å². The van der Waals surface area contributed by atoms with Crippen LogP contribution in [0.15, 0.2) is 24.3 Å². The lowest BCUT2D eigenvalue weighted by Crippen LogP contribution is -2.26. The molecule has 0 unspecified atom stereocenters. The van der Waals surface area contributed by atoms with Crippen molar-refractivity contribution in [2.45, 2.75) is 19.4 Å². The summed E-state index contributed by atoms with van der Waals surface area (Å²) in [4.78, 5) is 21.4. The molecule has 0 atom stereocenters. The second kappa shape index (κ2) is 6.02. The van der Waals surface area contributed by atoms with Crippen molar-refractivity contribution in [2.75, 3.05) is 13.2 Å². The quantitative estimate of drug-likeness (QED) is 0.540. The maximum Gasteiger partial charge on any atom is 0.303 e. The minimum Gasteiger partial charge on any atom is -0.453 e. The van der Waals surface area contributed by atoms with Gasteiger partial charge in [-0.2, -0.15) is 0 Å². The van der Waals surface area contributed by atoms with Gasteiger partial charge >= 0.3 is 5.97 Å². The van der Waals surface area contributed by atoms with E-state index in [1.165, 1.54) is 19.1 Å². The molecule has 0 aromatic carbocycles. The van der Waals surface area contributed by atoms with Gasteiger partial charge in [0, 0.05) is 6.92 Å². The summed E-state index contributed by atoms with van der Waals surface area (Å²) in [6.07, 6.45) is 6.30. The van der Waals surface area contributed by atoms with E-state index in [1.807, 2.05) is 6.92 Å². The molecule has 0 fully saturated rings. The molecule has 0 N–H and O–H groups in total. The summed E-state index contributed by atoms with van der Waals surface area (Å²) in [6.45, 7) is 3.44. The molecule has 0 saturated heterocycles. The fraction of sp³-hybridized carbons (Fsp3) is 0.385. The molecule has 0 amide bonds. The van der Waals surface area contributed by atoms with Gasteiger partial charge in [0.25, 0.3) is 0 Å². The van der Waals surface area contributed by atoms with E-state index in [0.29, 0.717) is 0 Å². The van der Waals surface area contributed by atoms with Gasteiger partial charge in [0.15, 0.2) is 12.4 Å². The van der Waals surface area contributed by atoms with Gasteiger partial charge in [0.1, 0.15) is 12.2 Å². The highest BCUT2D eigenvalue weighted by atomic mass is 16.5. The Labute approximate surface area is 100 Å². The third-order valence-corrected chi connectivity index (χ3v) is 2.09. The number of esters is 1. The van der Waals surface area contributed by atoms with Crippen molar-refractivity contribution >= 4 is 11.8 Å². The summed E-state index contributed by atoms with van der Waals surface area (Å²) >= 11 is 0. The summed E-state index contributed by atoms with van der Waals surface area (Å²) in [5.74, 6) is 4.96. The molecule has 0 spiro atoms. The van der Waals surface area contributed by atoms with Crippen molar-refractivity contribution in [3.05, 3.63) is 24.3 Å². The first-order valence-corrected chi connectivity index (χ1v) is 5.17. The molecule has 1 rings (SSSR count). The number of allylic oxidation sites excluding steroid dienone is 2. The van der Waals surface area contributed by atoms with E-state index in [1.54, 1.807) is 12.2 Å². The largest absolute Gasteiger partial charge is 0.453 e. The summed E-state index contributed by atoms with van der Waals surface area (Å²) < 4.78 is 10.1. The van der Waals surface area contributed by atoms with Gasteiger partial charge in [0.2, 0.25) is 0 Å². The summed E-state index contributed by atoms with van der Waals surface area (Å²) in [7, 11) is 0. The van der Waals surface area contributed by atoms with Crippen LogP contribution in [0.4, 0.5) is 0 Å². The Balaban J connectivity index is 2.31. The summed E-state index contributed by atoms with van der Waals surface area (Å²) in [5, 5.41) is 0. The van der Waals surface area contributed by atoms with Crippen LogP contribution in [-0.4, -0.2) is 30.6 Å². The predicted octanol–water partition coefficient (Wildman–Crippen LogP) is 1.02. The maximum absolute atomic E-state index is 10.9. The molecule has 1 aliphatic rings. The number of carbonyl (C=O) groups excluding carboxylic acids is 2. The molecule has 4 heteroatoms. The first kappa shape index (κ1) is 13.2. The van der Waals surface area contributed by atoms with Gasteiger partial charge in [-0.3, -0.25) is 9.59 Å². The van der Waals surface area contributed by atoms with Crippen LogP contribution in [0.5, 0.6) is 0 Å². The lowest BCUT2D eigenvalue weighted by molar-refractivity contribution is -0.139. The molecule has 90 valence electrons. The minimum atomic E-state index is -0.593. The molecule has 4 nitrogen and oxygen atoms in total. The Bertz CT molecular complexity index is 404. The molecular formula is C13H14O4. The van der Waals surface area contributed by atoms with E-state index in [4.69, 9.17) is 4.74 Å². The first-order chi connectivity index (χ1) is 8.02. The second-order valence-electron chi connectivity index (χ2n) is 3.68. The molecule has 0 heterocycles. The number of ether oxygens (including phenoxy) is 2. The standard InChI is InChI=1S/C13H14O4/c1-11(14)16-9-3-4-10-17-13(2)7-5-12(15)6-8-13/h5-8H,9-10H2,1-2H3. The highest BCUT2D eigenvalue weighted by Gasteiger charge is 2.20. The maximum atomic E-state index is 10.9. The number of rotatable bonds is 3. The normalized spacial score (nSPS) is 16.2. The van der Waals surface area contributed by atoms with Gasteiger partial charge in [-0.05, 0) is 31.2 Å². The summed E-state index contributed by atoms with van der Waals surface area (Å²) in [6, 6.07) is 0. The molecule has 0 aromatic heterocycles. The van der Waals surface area contributed by atoms with Crippen LogP contribution in [0.25, 0.3) is 0 Å². The van der Waals surface area contributed by atoms with Crippen molar-refractivity contribution in [2.24, 2.45) is 0 Å². The molecule has 0 bridgehead atoms. The van der Waals surface area contributed by atoms with Gasteiger partial charge in [-0.15, -0.1) is 0 Å². The first-order valence-electron chi connectivity index (χ1n) is 5.17. The lowest BCUT2D eigenvalue weighted by Gasteiger charge is -2.22. The zero-order valence-corrected chi connectivity index (χ0v) is 9.86. The van der Waals surface area contributed by atoms with Crippen molar-refractivity contribution in [3.8, 4) is 11.8 Å². The fourth-order valence-electron chi connectivity index (χ4n) is 1.13. The van der Waals surface area contributed by atoms with Crippen molar-refractivity contribution < 1.29 is 19.1 Å². The third-order valence-electron chi connectivity index (χ3n) is 2.09. The van der Waals surface area contributed by atoms with Gasteiger partial charge < -0.3 is 9.47 Å². The highest BCUT2D eigenvalue weighted by molar-refractivity contribution is 6.00. The van der Waals surface area contributed by atoms with Gasteiger partial charge in [-0.1, -0.05) is 11.8 Å². The van der Waals surface area contributed by atoms with Gasteiger partial charge in [0.05, 0.1) is 0 Å². The van der Waals surface area contributed by atoms with Crippen LogP contribution in [0.3, 0.4) is 0 Å². The van der Waals surface area contributed by atoms with E-state index < -0.39 is 5.60 Å². The zero-order valence-electron chi connectivity index (χ0n) is 9.86. The number of ketones is 1. The molecule has 0 saturated carbocycles. The number of hydrogen-bond donors (Lipinski definition) is 0. The topological polar surface area (TPSA) is 52.6 Å². The Morgan fingerprint density at radius 1 is 1.29 bits per heavy atom. The van der Waals surface area contributed by atoms with Crippen LogP contribution in [-0.2, 0) is 19.1 Å². The fourth-order valence-corrected chi connectivity index (χ4v) is 1.13. The van der Waals surface area contributed by atoms with E-state index in [0.717, 1.165) is 0 Å². The minimum absolute atomic E-state index is 0.0491. The van der Waals surface area contributed by atoms with Crippen LogP contribution < -0.4 is 0 Å². The monoisotopic (exact) mass is 234 g/mol. The lowest BCUT2D eigenvalue weighted by atomic mass is 10.00. The predicted molar refractivity (Wildman–Crippen MR) is 62.1 cm³/mol. The van der Waals surface area contributed by atoms with Crippen molar-refractivity contribution in [3.63, 3.8) is 0 Å². The van der Waals surface area contributed by atoms with E-state index >= 15 is 0 Å². The molecular weight excluding hydrogens is 220 g/mol. The van der Waals surface area contributed by atoms with Crippen LogP contribution in [0.1, 0.15) is 13.8 Å². The second-order valence-corrected chi connectivity index (χ2v) is 3.68. The molecule has 0 radical (unpaired) electrons. The Hall–Kier alpha value is -1.86. The van der Waals surface area contributed by atoms with Gasteiger partial charge in [-0.25, -0.2) is 0 Å². The van der Waals surface area contributed by atoms with Crippen LogP contribution in [0.2, 0.25) is 0 Å². The van der Waals surface area contributed by atoms with Crippen molar-refractivity contribution in [1.82, 2.24) is 0 Å². The van der Waals surface area contributed by atoms with E-state index in [2.05, 4.69) is 16.6 Å². The highest BCUT2D eigenvalue weighted by Crippen LogP contribution is 2.17. The van der Waals surface area contributed by atoms with E-state index in [9.17, 15) is 9.59 Å². The van der Waals surface area contributed by atoms with E-state index in [-0.39, 0.29) is 25.0 Å². The Kier molecular flexibility index (Phi) is 4.68. The Morgan fingerprint density at radius 2 is 1.88 bits per heavy atom. The van der Waals surface area contributed by atoms with Crippen LogP contribution >= 0.6 is 0 Å². The molecule has 1 aliphatic carbocycles. The summed E-state index contributed by atoms with van der Waals surface area (Å²) in [5.41, 5.74) is -0.593. The molecule has 0 aromatic rings. The smallest absolute Gasteiger partial charge is 0.303 e. The molecule has 17 heavy (non-hydrogen) atoms.